The predicted molar refractivity (Wildman–Crippen MR) is 86.7 cm³/mol. The van der Waals surface area contributed by atoms with Crippen molar-refractivity contribution in [1.82, 2.24) is 0 Å². The number of halogens is 1. The highest BCUT2D eigenvalue weighted by atomic mass is 35.5. The molecule has 0 aliphatic carbocycles. The SMILES string of the molecule is CC(N)c1ccc(SCc2ccc([N+](=O)[O-])cc2Cl)cc1. The van der Waals surface area contributed by atoms with Crippen LogP contribution in [0.4, 0.5) is 5.69 Å². The topological polar surface area (TPSA) is 69.2 Å². The zero-order chi connectivity index (χ0) is 15.4. The van der Waals surface area contributed by atoms with Gasteiger partial charge in [0.15, 0.2) is 0 Å². The Morgan fingerprint density at radius 3 is 2.48 bits per heavy atom. The molecule has 0 saturated carbocycles. The highest BCUT2D eigenvalue weighted by Gasteiger charge is 2.09. The standard InChI is InChI=1S/C15H15ClN2O2S/c1-10(17)11-3-6-14(7-4-11)21-9-12-2-5-13(18(19)20)8-15(12)16/h2-8,10H,9,17H2,1H3. The van der Waals surface area contributed by atoms with E-state index in [0.29, 0.717) is 10.8 Å². The summed E-state index contributed by atoms with van der Waals surface area (Å²) >= 11 is 7.70. The average Bonchev–Trinajstić information content (AvgIpc) is 2.46. The fraction of sp³-hybridized carbons (Fsp3) is 0.200. The van der Waals surface area contributed by atoms with E-state index in [9.17, 15) is 10.1 Å². The molecule has 0 aromatic heterocycles. The van der Waals surface area contributed by atoms with E-state index in [1.165, 1.54) is 12.1 Å². The molecule has 0 aliphatic heterocycles. The predicted octanol–water partition coefficient (Wildman–Crippen LogP) is 4.56. The van der Waals surface area contributed by atoms with E-state index in [4.69, 9.17) is 17.3 Å². The molecule has 0 saturated heterocycles. The zero-order valence-electron chi connectivity index (χ0n) is 11.5. The fourth-order valence-electron chi connectivity index (χ4n) is 1.80. The quantitative estimate of drug-likeness (QED) is 0.497. The molecule has 1 unspecified atom stereocenters. The van der Waals surface area contributed by atoms with E-state index in [2.05, 4.69) is 0 Å². The van der Waals surface area contributed by atoms with Crippen molar-refractivity contribution in [3.63, 3.8) is 0 Å². The van der Waals surface area contributed by atoms with Gasteiger partial charge >= 0.3 is 0 Å². The van der Waals surface area contributed by atoms with Gasteiger partial charge in [0, 0.05) is 28.8 Å². The number of nitrogens with two attached hydrogens (primary N) is 1. The lowest BCUT2D eigenvalue weighted by Gasteiger charge is -2.07. The van der Waals surface area contributed by atoms with E-state index in [0.717, 1.165) is 16.0 Å². The van der Waals surface area contributed by atoms with E-state index < -0.39 is 4.92 Å². The third kappa shape index (κ3) is 4.20. The highest BCUT2D eigenvalue weighted by Crippen LogP contribution is 2.29. The Bertz CT molecular complexity index is 645. The van der Waals surface area contributed by atoms with Gasteiger partial charge in [-0.1, -0.05) is 23.7 Å². The van der Waals surface area contributed by atoms with Gasteiger partial charge in [-0.15, -0.1) is 11.8 Å². The maximum Gasteiger partial charge on any atom is 0.270 e. The summed E-state index contributed by atoms with van der Waals surface area (Å²) in [6.45, 7) is 1.94. The van der Waals surface area contributed by atoms with Gasteiger partial charge in [-0.2, -0.15) is 0 Å². The maximum absolute atomic E-state index is 10.7. The molecule has 2 N–H and O–H groups in total. The fourth-order valence-corrected chi connectivity index (χ4v) is 3.02. The molecule has 21 heavy (non-hydrogen) atoms. The van der Waals surface area contributed by atoms with Gasteiger partial charge in [0.25, 0.3) is 5.69 Å². The van der Waals surface area contributed by atoms with Crippen molar-refractivity contribution >= 4 is 29.1 Å². The van der Waals surface area contributed by atoms with Gasteiger partial charge in [-0.05, 0) is 36.2 Å². The molecular weight excluding hydrogens is 308 g/mol. The van der Waals surface area contributed by atoms with Crippen LogP contribution >= 0.6 is 23.4 Å². The smallest absolute Gasteiger partial charge is 0.270 e. The van der Waals surface area contributed by atoms with Crippen LogP contribution in [0.3, 0.4) is 0 Å². The van der Waals surface area contributed by atoms with Crippen LogP contribution in [0, 0.1) is 10.1 Å². The average molecular weight is 323 g/mol. The van der Waals surface area contributed by atoms with Crippen molar-refractivity contribution < 1.29 is 4.92 Å². The lowest BCUT2D eigenvalue weighted by molar-refractivity contribution is -0.384. The van der Waals surface area contributed by atoms with Crippen LogP contribution in [0.5, 0.6) is 0 Å². The summed E-state index contributed by atoms with van der Waals surface area (Å²) in [5.74, 6) is 0.661. The van der Waals surface area contributed by atoms with Gasteiger partial charge < -0.3 is 5.73 Å². The van der Waals surface area contributed by atoms with Crippen molar-refractivity contribution in [2.75, 3.05) is 0 Å². The second-order valence-corrected chi connectivity index (χ2v) is 6.14. The third-order valence-electron chi connectivity index (χ3n) is 3.05. The van der Waals surface area contributed by atoms with Crippen LogP contribution in [0.25, 0.3) is 0 Å². The van der Waals surface area contributed by atoms with Crippen LogP contribution < -0.4 is 5.73 Å². The van der Waals surface area contributed by atoms with Crippen LogP contribution in [-0.4, -0.2) is 4.92 Å². The molecule has 0 radical (unpaired) electrons. The normalized spacial score (nSPS) is 12.1. The number of rotatable bonds is 5. The highest BCUT2D eigenvalue weighted by molar-refractivity contribution is 7.98. The van der Waals surface area contributed by atoms with Crippen molar-refractivity contribution in [3.05, 3.63) is 68.7 Å². The molecule has 0 aliphatic rings. The number of benzene rings is 2. The molecule has 0 fully saturated rings. The Balaban J connectivity index is 2.04. The minimum absolute atomic E-state index is 0.00929. The van der Waals surface area contributed by atoms with Gasteiger partial charge in [0.1, 0.15) is 0 Å². The molecule has 6 heteroatoms. The molecule has 1 atom stereocenters. The number of non-ortho nitro benzene ring substituents is 1. The number of nitrogens with zero attached hydrogens (tertiary/aromatic N) is 1. The van der Waals surface area contributed by atoms with Gasteiger partial charge in [0.05, 0.1) is 9.95 Å². The van der Waals surface area contributed by atoms with Gasteiger partial charge in [-0.25, -0.2) is 0 Å². The first kappa shape index (κ1) is 15.8. The first-order valence-electron chi connectivity index (χ1n) is 6.38. The molecule has 110 valence electrons. The summed E-state index contributed by atoms with van der Waals surface area (Å²) in [6.07, 6.45) is 0. The van der Waals surface area contributed by atoms with Crippen LogP contribution in [0.15, 0.2) is 47.4 Å². The summed E-state index contributed by atoms with van der Waals surface area (Å²) in [4.78, 5) is 11.3. The number of nitro groups is 1. The minimum atomic E-state index is -0.449. The van der Waals surface area contributed by atoms with Crippen LogP contribution in [0.1, 0.15) is 24.1 Å². The first-order valence-corrected chi connectivity index (χ1v) is 7.75. The van der Waals surface area contributed by atoms with Gasteiger partial charge in [-0.3, -0.25) is 10.1 Å². The summed E-state index contributed by atoms with van der Waals surface area (Å²) in [6, 6.07) is 12.6. The van der Waals surface area contributed by atoms with E-state index >= 15 is 0 Å². The minimum Gasteiger partial charge on any atom is -0.324 e. The molecule has 2 aromatic rings. The van der Waals surface area contributed by atoms with Crippen LogP contribution in [0.2, 0.25) is 5.02 Å². The molecule has 0 spiro atoms. The Kier molecular flexibility index (Phi) is 5.22. The Morgan fingerprint density at radius 2 is 1.95 bits per heavy atom. The molecular formula is C15H15ClN2O2S. The Hall–Kier alpha value is -1.56. The summed E-state index contributed by atoms with van der Waals surface area (Å²) in [5, 5.41) is 11.1. The van der Waals surface area contributed by atoms with Crippen LogP contribution in [-0.2, 0) is 5.75 Å². The molecule has 2 rings (SSSR count). The summed E-state index contributed by atoms with van der Waals surface area (Å²) in [5.41, 5.74) is 7.79. The van der Waals surface area contributed by atoms with E-state index in [-0.39, 0.29) is 11.7 Å². The zero-order valence-corrected chi connectivity index (χ0v) is 13.0. The maximum atomic E-state index is 10.7. The second-order valence-electron chi connectivity index (χ2n) is 4.68. The second kappa shape index (κ2) is 6.93. The molecule has 0 heterocycles. The third-order valence-corrected chi connectivity index (χ3v) is 4.46. The Labute approximate surface area is 132 Å². The lowest BCUT2D eigenvalue weighted by atomic mass is 10.1. The van der Waals surface area contributed by atoms with Crippen molar-refractivity contribution in [3.8, 4) is 0 Å². The number of thioether (sulfide) groups is 1. The number of hydrogen-bond donors (Lipinski definition) is 1. The Morgan fingerprint density at radius 1 is 1.29 bits per heavy atom. The van der Waals surface area contributed by atoms with E-state index in [1.807, 2.05) is 31.2 Å². The number of hydrogen-bond acceptors (Lipinski definition) is 4. The largest absolute Gasteiger partial charge is 0.324 e. The molecule has 0 amide bonds. The summed E-state index contributed by atoms with van der Waals surface area (Å²) in [7, 11) is 0. The molecule has 4 nitrogen and oxygen atoms in total. The molecule has 0 bridgehead atoms. The first-order chi connectivity index (χ1) is 9.97. The lowest BCUT2D eigenvalue weighted by Crippen LogP contribution is -2.04. The van der Waals surface area contributed by atoms with Crippen molar-refractivity contribution in [2.24, 2.45) is 5.73 Å². The number of nitro benzene ring substituents is 1. The van der Waals surface area contributed by atoms with Crippen molar-refractivity contribution in [2.45, 2.75) is 23.6 Å². The monoisotopic (exact) mass is 322 g/mol. The summed E-state index contributed by atoms with van der Waals surface area (Å²) < 4.78 is 0. The van der Waals surface area contributed by atoms with Crippen molar-refractivity contribution in [1.29, 1.82) is 0 Å². The van der Waals surface area contributed by atoms with Gasteiger partial charge in [0.2, 0.25) is 0 Å². The molecule has 2 aromatic carbocycles. The van der Waals surface area contributed by atoms with E-state index in [1.54, 1.807) is 17.8 Å².